The number of carbonyl (C=O) groups is 2. The van der Waals surface area contributed by atoms with Crippen LogP contribution in [0.1, 0.15) is 65.5 Å². The lowest BCUT2D eigenvalue weighted by molar-refractivity contribution is -0.121. The number of fused-ring (bicyclic) bond motifs is 2. The maximum atomic E-state index is 15.2. The van der Waals surface area contributed by atoms with E-state index in [0.717, 1.165) is 30.5 Å². The number of anilines is 1. The second-order valence-corrected chi connectivity index (χ2v) is 11.0. The Balaban J connectivity index is 1.21. The standard InChI is InChI=1S/C29H29FN8O2/c1-16-20-5-3-2-4-17(20)9-11-37(16)29(40)22-12-23(18-6-7-18)38-24(33-22)13-21(35-38)26-27(30)34-25(14-32-26)36-10-8-19(15-36)28(31)39/h2-5,12-14,16,18-19H,6-11,15H2,1H3,(H2,31,39)/t16-,19+/m1/s1. The van der Waals surface area contributed by atoms with E-state index in [1.807, 2.05) is 28.0 Å². The van der Waals surface area contributed by atoms with Crippen molar-refractivity contribution in [3.05, 3.63) is 71.1 Å². The van der Waals surface area contributed by atoms with Gasteiger partial charge in [-0.3, -0.25) is 9.59 Å². The van der Waals surface area contributed by atoms with Gasteiger partial charge in [0.2, 0.25) is 11.9 Å². The van der Waals surface area contributed by atoms with Crippen LogP contribution >= 0.6 is 0 Å². The van der Waals surface area contributed by atoms with Crippen molar-refractivity contribution >= 4 is 23.3 Å². The van der Waals surface area contributed by atoms with Crippen molar-refractivity contribution in [3.8, 4) is 11.4 Å². The normalized spacial score (nSPS) is 20.6. The summed E-state index contributed by atoms with van der Waals surface area (Å²) in [4.78, 5) is 42.1. The summed E-state index contributed by atoms with van der Waals surface area (Å²) >= 11 is 0. The molecule has 1 saturated heterocycles. The minimum Gasteiger partial charge on any atom is -0.369 e. The molecule has 0 radical (unpaired) electrons. The molecule has 2 aliphatic heterocycles. The molecule has 2 fully saturated rings. The van der Waals surface area contributed by atoms with Crippen molar-refractivity contribution in [2.45, 2.75) is 44.6 Å². The first-order valence-electron chi connectivity index (χ1n) is 13.7. The lowest BCUT2D eigenvalue weighted by atomic mass is 9.93. The largest absolute Gasteiger partial charge is 0.369 e. The molecule has 2 N–H and O–H groups in total. The fourth-order valence-corrected chi connectivity index (χ4v) is 5.97. The van der Waals surface area contributed by atoms with Crippen molar-refractivity contribution in [1.29, 1.82) is 0 Å². The Labute approximate surface area is 230 Å². The lowest BCUT2D eigenvalue weighted by Crippen LogP contribution is -2.39. The highest BCUT2D eigenvalue weighted by atomic mass is 19.1. The summed E-state index contributed by atoms with van der Waals surface area (Å²) in [6, 6.07) is 11.7. The van der Waals surface area contributed by atoms with Gasteiger partial charge in [-0.15, -0.1) is 0 Å². The van der Waals surface area contributed by atoms with Crippen LogP contribution in [0.5, 0.6) is 0 Å². The van der Waals surface area contributed by atoms with E-state index in [-0.39, 0.29) is 35.4 Å². The average Bonchev–Trinajstić information content (AvgIpc) is 3.51. The zero-order valence-electron chi connectivity index (χ0n) is 22.1. The van der Waals surface area contributed by atoms with Crippen LogP contribution < -0.4 is 10.6 Å². The van der Waals surface area contributed by atoms with Crippen LogP contribution in [0.25, 0.3) is 17.0 Å². The molecule has 1 saturated carbocycles. The second-order valence-electron chi connectivity index (χ2n) is 11.0. The SMILES string of the molecule is C[C@@H]1c2ccccc2CCN1C(=O)c1cc(C2CC2)n2nc(-c3ncc(N4CC[C@H](C(N)=O)C4)nc3F)cc2n1. The molecule has 2 amide bonds. The third kappa shape index (κ3) is 4.16. The molecule has 3 aromatic heterocycles. The molecular formula is C29H29FN8O2. The maximum absolute atomic E-state index is 15.2. The van der Waals surface area contributed by atoms with Gasteiger partial charge in [0.05, 0.1) is 18.2 Å². The molecule has 0 unspecified atom stereocenters. The van der Waals surface area contributed by atoms with E-state index >= 15 is 4.39 Å². The van der Waals surface area contributed by atoms with Crippen molar-refractivity contribution in [2.24, 2.45) is 11.7 Å². The van der Waals surface area contributed by atoms with Crippen molar-refractivity contribution in [3.63, 3.8) is 0 Å². The van der Waals surface area contributed by atoms with Crippen LogP contribution in [0.2, 0.25) is 0 Å². The fraction of sp³-hybridized carbons (Fsp3) is 0.379. The van der Waals surface area contributed by atoms with Crippen LogP contribution in [0.3, 0.4) is 0 Å². The Morgan fingerprint density at radius 1 is 1.07 bits per heavy atom. The van der Waals surface area contributed by atoms with Crippen LogP contribution in [0.15, 0.2) is 42.6 Å². The first-order chi connectivity index (χ1) is 19.4. The topological polar surface area (TPSA) is 123 Å². The molecule has 10 nitrogen and oxygen atoms in total. The minimum absolute atomic E-state index is 0.00998. The van der Waals surface area contributed by atoms with Gasteiger partial charge in [-0.05, 0) is 49.8 Å². The van der Waals surface area contributed by atoms with E-state index in [1.54, 1.807) is 10.6 Å². The Morgan fingerprint density at radius 3 is 2.65 bits per heavy atom. The van der Waals surface area contributed by atoms with Gasteiger partial charge >= 0.3 is 0 Å². The highest BCUT2D eigenvalue weighted by Crippen LogP contribution is 2.41. The zero-order chi connectivity index (χ0) is 27.5. The molecule has 1 aliphatic carbocycles. The van der Waals surface area contributed by atoms with Crippen molar-refractivity contribution in [2.75, 3.05) is 24.5 Å². The molecule has 11 heteroatoms. The second kappa shape index (κ2) is 9.35. The molecule has 1 aromatic carbocycles. The smallest absolute Gasteiger partial charge is 0.273 e. The third-order valence-electron chi connectivity index (χ3n) is 8.40. The van der Waals surface area contributed by atoms with Crippen molar-refractivity contribution in [1.82, 2.24) is 29.5 Å². The fourth-order valence-electron chi connectivity index (χ4n) is 5.97. The van der Waals surface area contributed by atoms with Gasteiger partial charge < -0.3 is 15.5 Å². The van der Waals surface area contributed by atoms with Gasteiger partial charge in [-0.2, -0.15) is 14.5 Å². The van der Waals surface area contributed by atoms with Gasteiger partial charge in [0.1, 0.15) is 22.9 Å². The van der Waals surface area contributed by atoms with E-state index in [9.17, 15) is 9.59 Å². The number of hydrogen-bond donors (Lipinski definition) is 1. The Hall–Kier alpha value is -4.41. The molecule has 0 spiro atoms. The Kier molecular flexibility index (Phi) is 5.76. The zero-order valence-corrected chi connectivity index (χ0v) is 22.1. The third-order valence-corrected chi connectivity index (χ3v) is 8.40. The van der Waals surface area contributed by atoms with E-state index in [1.165, 1.54) is 11.8 Å². The quantitative estimate of drug-likeness (QED) is 0.412. The summed E-state index contributed by atoms with van der Waals surface area (Å²) in [7, 11) is 0. The van der Waals surface area contributed by atoms with E-state index in [2.05, 4.69) is 39.1 Å². The monoisotopic (exact) mass is 540 g/mol. The predicted octanol–water partition coefficient (Wildman–Crippen LogP) is 3.27. The summed E-state index contributed by atoms with van der Waals surface area (Å²) in [6.45, 7) is 3.62. The predicted molar refractivity (Wildman–Crippen MR) is 145 cm³/mol. The molecule has 40 heavy (non-hydrogen) atoms. The van der Waals surface area contributed by atoms with E-state index in [0.29, 0.717) is 48.9 Å². The van der Waals surface area contributed by atoms with E-state index < -0.39 is 5.95 Å². The summed E-state index contributed by atoms with van der Waals surface area (Å²) in [5.74, 6) is -0.896. The Morgan fingerprint density at radius 2 is 1.90 bits per heavy atom. The summed E-state index contributed by atoms with van der Waals surface area (Å²) in [6.07, 6.45) is 4.90. The number of hydrogen-bond acceptors (Lipinski definition) is 7. The highest BCUT2D eigenvalue weighted by Gasteiger charge is 2.33. The molecule has 204 valence electrons. The number of nitrogens with two attached hydrogens (primary N) is 1. The van der Waals surface area contributed by atoms with E-state index in [4.69, 9.17) is 5.73 Å². The van der Waals surface area contributed by atoms with Crippen molar-refractivity contribution < 1.29 is 14.0 Å². The number of halogens is 1. The van der Waals surface area contributed by atoms with Gasteiger partial charge in [0.25, 0.3) is 5.91 Å². The minimum atomic E-state index is -0.756. The maximum Gasteiger partial charge on any atom is 0.273 e. The summed E-state index contributed by atoms with van der Waals surface area (Å²) < 4.78 is 16.9. The van der Waals surface area contributed by atoms with Crippen LogP contribution in [-0.4, -0.2) is 60.9 Å². The number of rotatable bonds is 5. The lowest BCUT2D eigenvalue weighted by Gasteiger charge is -2.35. The first kappa shape index (κ1) is 24.6. The molecule has 5 heterocycles. The van der Waals surface area contributed by atoms with Crippen LogP contribution in [0.4, 0.5) is 10.2 Å². The molecule has 7 rings (SSSR count). The molecule has 4 aromatic rings. The van der Waals surface area contributed by atoms with Crippen LogP contribution in [-0.2, 0) is 11.2 Å². The number of carbonyl (C=O) groups excluding carboxylic acids is 2. The number of primary amides is 1. The number of amides is 2. The van der Waals surface area contributed by atoms with Gasteiger partial charge in [0, 0.05) is 37.3 Å². The number of benzene rings is 1. The van der Waals surface area contributed by atoms with Gasteiger partial charge in [-0.1, -0.05) is 24.3 Å². The molecule has 2 atom stereocenters. The average molecular weight is 541 g/mol. The summed E-state index contributed by atoms with van der Waals surface area (Å²) in [5.41, 5.74) is 9.90. The van der Waals surface area contributed by atoms with Gasteiger partial charge in [-0.25, -0.2) is 14.5 Å². The first-order valence-corrected chi connectivity index (χ1v) is 13.7. The molecule has 0 bridgehead atoms. The highest BCUT2D eigenvalue weighted by molar-refractivity contribution is 5.93. The van der Waals surface area contributed by atoms with Crippen LogP contribution in [0, 0.1) is 11.9 Å². The number of aromatic nitrogens is 5. The molecule has 3 aliphatic rings. The molecular weight excluding hydrogens is 511 g/mol. The Bertz CT molecular complexity index is 1670. The van der Waals surface area contributed by atoms with Gasteiger partial charge in [0.15, 0.2) is 5.65 Å². The number of nitrogens with zero attached hydrogens (tertiary/aromatic N) is 7. The summed E-state index contributed by atoms with van der Waals surface area (Å²) in [5, 5.41) is 4.64.